The van der Waals surface area contributed by atoms with Crippen molar-refractivity contribution >= 4 is 15.8 Å². The van der Waals surface area contributed by atoms with E-state index in [1.54, 1.807) is 26.0 Å². The Morgan fingerprint density at radius 3 is 2.33 bits per heavy atom. The van der Waals surface area contributed by atoms with Gasteiger partial charge >= 0.3 is 0 Å². The van der Waals surface area contributed by atoms with Crippen molar-refractivity contribution in [3.63, 3.8) is 0 Å². The molecule has 0 saturated carbocycles. The summed E-state index contributed by atoms with van der Waals surface area (Å²) >= 11 is 0. The van der Waals surface area contributed by atoms with Gasteiger partial charge in [-0.25, -0.2) is 13.4 Å². The van der Waals surface area contributed by atoms with Crippen LogP contribution in [0.1, 0.15) is 34.4 Å². The van der Waals surface area contributed by atoms with E-state index >= 15 is 0 Å². The summed E-state index contributed by atoms with van der Waals surface area (Å²) in [6.45, 7) is 4.73. The van der Waals surface area contributed by atoms with Gasteiger partial charge in [0.2, 0.25) is 15.9 Å². The van der Waals surface area contributed by atoms with Crippen LogP contribution in [0.2, 0.25) is 0 Å². The number of benzene rings is 1. The van der Waals surface area contributed by atoms with Gasteiger partial charge in [0.15, 0.2) is 5.78 Å². The van der Waals surface area contributed by atoms with E-state index in [9.17, 15) is 13.2 Å². The third-order valence-electron chi connectivity index (χ3n) is 3.61. The molecule has 0 saturated heterocycles. The van der Waals surface area contributed by atoms with Gasteiger partial charge in [-0.15, -0.1) is 0 Å². The fraction of sp³-hybridized carbons (Fsp3) is 0.375. The van der Waals surface area contributed by atoms with Crippen molar-refractivity contribution in [2.45, 2.75) is 32.2 Å². The first kappa shape index (κ1) is 18.2. The minimum absolute atomic E-state index is 0.0689. The van der Waals surface area contributed by atoms with Gasteiger partial charge in [0.25, 0.3) is 0 Å². The molecule has 0 N–H and O–H groups in total. The molecule has 0 radical (unpaired) electrons. The molecular formula is C16H20N2O5S. The fourth-order valence-electron chi connectivity index (χ4n) is 2.41. The first-order valence-electron chi connectivity index (χ1n) is 7.23. The smallest absolute Gasteiger partial charge is 0.243 e. The molecule has 2 aromatic rings. The van der Waals surface area contributed by atoms with Crippen LogP contribution >= 0.6 is 0 Å². The SMILES string of the molecule is COc1cc(C)c(S(=O)(=O)N(C)Cc2nc(C(C)=O)co2)c(C)c1. The van der Waals surface area contributed by atoms with E-state index in [1.807, 2.05) is 0 Å². The maximum atomic E-state index is 12.9. The molecule has 24 heavy (non-hydrogen) atoms. The maximum Gasteiger partial charge on any atom is 0.243 e. The normalized spacial score (nSPS) is 11.8. The Morgan fingerprint density at radius 2 is 1.88 bits per heavy atom. The molecule has 130 valence electrons. The van der Waals surface area contributed by atoms with Crippen LogP contribution in [0.15, 0.2) is 27.7 Å². The van der Waals surface area contributed by atoms with Crippen molar-refractivity contribution in [1.82, 2.24) is 9.29 Å². The lowest BCUT2D eigenvalue weighted by atomic mass is 10.1. The zero-order valence-corrected chi connectivity index (χ0v) is 15.1. The fourth-order valence-corrected chi connectivity index (χ4v) is 3.94. The average Bonchev–Trinajstić information content (AvgIpc) is 2.94. The Morgan fingerprint density at radius 1 is 1.29 bits per heavy atom. The number of methoxy groups -OCH3 is 1. The number of rotatable bonds is 6. The molecule has 1 aromatic heterocycles. The lowest BCUT2D eigenvalue weighted by molar-refractivity contribution is 0.101. The molecule has 0 unspecified atom stereocenters. The van der Waals surface area contributed by atoms with E-state index < -0.39 is 10.0 Å². The Labute approximate surface area is 141 Å². The largest absolute Gasteiger partial charge is 0.497 e. The maximum absolute atomic E-state index is 12.9. The highest BCUT2D eigenvalue weighted by Crippen LogP contribution is 2.28. The van der Waals surface area contributed by atoms with Crippen LogP contribution in [-0.2, 0) is 16.6 Å². The second-order valence-electron chi connectivity index (χ2n) is 5.53. The van der Waals surface area contributed by atoms with Crippen LogP contribution in [0.3, 0.4) is 0 Å². The molecule has 0 fully saturated rings. The summed E-state index contributed by atoms with van der Waals surface area (Å²) in [6.07, 6.45) is 1.22. The predicted molar refractivity (Wildman–Crippen MR) is 87.6 cm³/mol. The number of nitrogens with zero attached hydrogens (tertiary/aromatic N) is 2. The highest BCUT2D eigenvalue weighted by molar-refractivity contribution is 7.89. The molecule has 0 aliphatic rings. The highest BCUT2D eigenvalue weighted by atomic mass is 32.2. The minimum atomic E-state index is -3.74. The monoisotopic (exact) mass is 352 g/mol. The molecule has 0 amide bonds. The van der Waals surface area contributed by atoms with Gasteiger partial charge in [-0.3, -0.25) is 4.79 Å². The van der Waals surface area contributed by atoms with E-state index in [0.717, 1.165) is 4.31 Å². The molecule has 1 heterocycles. The molecule has 7 nitrogen and oxygen atoms in total. The summed E-state index contributed by atoms with van der Waals surface area (Å²) in [7, 11) is -0.770. The number of Topliss-reactive ketones (excluding diaryl/α,β-unsaturated/α-hetero) is 1. The number of aryl methyl sites for hydroxylation is 2. The Kier molecular flexibility index (Phi) is 5.10. The summed E-state index contributed by atoms with van der Waals surface area (Å²) < 4.78 is 37.2. The van der Waals surface area contributed by atoms with Gasteiger partial charge in [-0.2, -0.15) is 4.31 Å². The van der Waals surface area contributed by atoms with Crippen LogP contribution < -0.4 is 4.74 Å². The van der Waals surface area contributed by atoms with Gasteiger partial charge in [-0.1, -0.05) is 0 Å². The van der Waals surface area contributed by atoms with Gasteiger partial charge in [-0.05, 0) is 37.1 Å². The number of ether oxygens (including phenoxy) is 1. The summed E-state index contributed by atoms with van der Waals surface area (Å²) in [5.74, 6) is 0.526. The minimum Gasteiger partial charge on any atom is -0.497 e. The molecule has 0 bridgehead atoms. The Bertz CT molecular complexity index is 847. The van der Waals surface area contributed by atoms with Crippen LogP contribution in [0.25, 0.3) is 0 Å². The highest BCUT2D eigenvalue weighted by Gasteiger charge is 2.27. The molecule has 0 atom stereocenters. The second kappa shape index (κ2) is 6.74. The summed E-state index contributed by atoms with van der Waals surface area (Å²) in [6, 6.07) is 3.35. The van der Waals surface area contributed by atoms with Crippen molar-refractivity contribution in [1.29, 1.82) is 0 Å². The van der Waals surface area contributed by atoms with Crippen LogP contribution in [0, 0.1) is 13.8 Å². The van der Waals surface area contributed by atoms with Gasteiger partial charge in [0.05, 0.1) is 18.6 Å². The van der Waals surface area contributed by atoms with Gasteiger partial charge < -0.3 is 9.15 Å². The molecule has 8 heteroatoms. The standard InChI is InChI=1S/C16H20N2O5S/c1-10-6-13(22-5)7-11(2)16(10)24(20,21)18(4)8-15-17-14(9-23-15)12(3)19/h6-7,9H,8H2,1-5H3. The first-order chi connectivity index (χ1) is 11.2. The summed E-state index contributed by atoms with van der Waals surface area (Å²) in [4.78, 5) is 15.5. The number of sulfonamides is 1. The van der Waals surface area contributed by atoms with Crippen LogP contribution in [0.5, 0.6) is 5.75 Å². The number of hydrogen-bond donors (Lipinski definition) is 0. The molecule has 0 spiro atoms. The van der Waals surface area contributed by atoms with Crippen molar-refractivity contribution < 1.29 is 22.4 Å². The van der Waals surface area contributed by atoms with Crippen molar-refractivity contribution in [2.24, 2.45) is 0 Å². The predicted octanol–water partition coefficient (Wildman–Crippen LogP) is 2.32. The third-order valence-corrected chi connectivity index (χ3v) is 5.72. The van der Waals surface area contributed by atoms with E-state index in [1.165, 1.54) is 27.3 Å². The zero-order chi connectivity index (χ0) is 18.1. The van der Waals surface area contributed by atoms with E-state index in [4.69, 9.17) is 9.15 Å². The first-order valence-corrected chi connectivity index (χ1v) is 8.67. The topological polar surface area (TPSA) is 89.7 Å². The molecular weight excluding hydrogens is 332 g/mol. The molecule has 0 aliphatic heterocycles. The number of ketones is 1. The summed E-state index contributed by atoms with van der Waals surface area (Å²) in [5.41, 5.74) is 1.36. The van der Waals surface area contributed by atoms with Crippen molar-refractivity contribution in [2.75, 3.05) is 14.2 Å². The number of carbonyl (C=O) groups excluding carboxylic acids is 1. The molecule has 2 rings (SSSR count). The van der Waals surface area contributed by atoms with E-state index in [0.29, 0.717) is 16.9 Å². The quantitative estimate of drug-likeness (QED) is 0.741. The van der Waals surface area contributed by atoms with Crippen LogP contribution in [0.4, 0.5) is 0 Å². The second-order valence-corrected chi connectivity index (χ2v) is 7.52. The number of aromatic nitrogens is 1. The zero-order valence-electron chi connectivity index (χ0n) is 14.3. The van der Waals surface area contributed by atoms with Crippen molar-refractivity contribution in [3.05, 3.63) is 41.1 Å². The molecule has 0 aliphatic carbocycles. The number of oxazole rings is 1. The Balaban J connectivity index is 2.34. The lowest BCUT2D eigenvalue weighted by Crippen LogP contribution is -2.28. The number of carbonyl (C=O) groups is 1. The van der Waals surface area contributed by atoms with Gasteiger partial charge in [0, 0.05) is 14.0 Å². The Hall–Kier alpha value is -2.19. The van der Waals surface area contributed by atoms with E-state index in [-0.39, 0.29) is 28.8 Å². The number of hydrogen-bond acceptors (Lipinski definition) is 6. The van der Waals surface area contributed by atoms with Gasteiger partial charge in [0.1, 0.15) is 17.7 Å². The lowest BCUT2D eigenvalue weighted by Gasteiger charge is -2.19. The summed E-state index contributed by atoms with van der Waals surface area (Å²) in [5, 5.41) is 0. The van der Waals surface area contributed by atoms with E-state index in [2.05, 4.69) is 4.98 Å². The van der Waals surface area contributed by atoms with Crippen LogP contribution in [-0.4, -0.2) is 37.6 Å². The molecule has 1 aromatic carbocycles. The average molecular weight is 352 g/mol. The van der Waals surface area contributed by atoms with Crippen molar-refractivity contribution in [3.8, 4) is 5.75 Å². The third kappa shape index (κ3) is 3.49.